The van der Waals surface area contributed by atoms with Gasteiger partial charge in [-0.15, -0.1) is 5.10 Å². The molecule has 0 amide bonds. The van der Waals surface area contributed by atoms with Gasteiger partial charge in [-0.3, -0.25) is 4.68 Å². The number of methoxy groups -OCH3 is 1. The molecule has 1 heterocycles. The van der Waals surface area contributed by atoms with Gasteiger partial charge in [0.1, 0.15) is 0 Å². The van der Waals surface area contributed by atoms with E-state index >= 15 is 0 Å². The first-order valence-corrected chi connectivity index (χ1v) is 7.76. The molecule has 1 atom stereocenters. The number of aromatic nitrogens is 3. The van der Waals surface area contributed by atoms with Crippen LogP contribution in [-0.2, 0) is 13.0 Å². The van der Waals surface area contributed by atoms with Gasteiger partial charge in [0, 0.05) is 12.7 Å². The van der Waals surface area contributed by atoms with Gasteiger partial charge in [0.05, 0.1) is 22.8 Å². The molecule has 114 valence electrons. The van der Waals surface area contributed by atoms with Crippen LogP contribution in [0.2, 0.25) is 10.0 Å². The lowest BCUT2D eigenvalue weighted by atomic mass is 9.92. The van der Waals surface area contributed by atoms with Crippen LogP contribution in [-0.4, -0.2) is 22.1 Å². The van der Waals surface area contributed by atoms with Crippen molar-refractivity contribution in [3.05, 3.63) is 39.6 Å². The van der Waals surface area contributed by atoms with Crippen LogP contribution in [0.5, 0.6) is 5.75 Å². The van der Waals surface area contributed by atoms with Crippen LogP contribution >= 0.6 is 23.2 Å². The van der Waals surface area contributed by atoms with Gasteiger partial charge in [-0.2, -0.15) is 0 Å². The van der Waals surface area contributed by atoms with Gasteiger partial charge in [0.25, 0.3) is 0 Å². The molecule has 0 aliphatic carbocycles. The maximum atomic E-state index is 6.22. The lowest BCUT2D eigenvalue weighted by Crippen LogP contribution is -2.03. The number of ether oxygens (including phenoxy) is 1. The minimum absolute atomic E-state index is 0.299. The largest absolute Gasteiger partial charge is 0.494 e. The van der Waals surface area contributed by atoms with Crippen molar-refractivity contribution in [1.82, 2.24) is 15.0 Å². The van der Waals surface area contributed by atoms with E-state index in [-0.39, 0.29) is 0 Å². The minimum atomic E-state index is 0.299. The van der Waals surface area contributed by atoms with E-state index in [9.17, 15) is 0 Å². The van der Waals surface area contributed by atoms with Gasteiger partial charge in [-0.1, -0.05) is 35.3 Å². The van der Waals surface area contributed by atoms with Crippen LogP contribution in [0.1, 0.15) is 37.4 Å². The second-order valence-electron chi connectivity index (χ2n) is 4.89. The van der Waals surface area contributed by atoms with Crippen LogP contribution in [0, 0.1) is 0 Å². The molecule has 2 rings (SSSR count). The number of hydrogen-bond acceptors (Lipinski definition) is 3. The third-order valence-electron chi connectivity index (χ3n) is 3.55. The zero-order valence-electron chi connectivity index (χ0n) is 12.4. The van der Waals surface area contributed by atoms with Crippen molar-refractivity contribution in [1.29, 1.82) is 0 Å². The maximum Gasteiger partial charge on any atom is 0.156 e. The van der Waals surface area contributed by atoms with Crippen molar-refractivity contribution >= 4 is 23.2 Å². The Morgan fingerprint density at radius 3 is 2.38 bits per heavy atom. The molecule has 1 unspecified atom stereocenters. The fraction of sp³-hybridized carbons (Fsp3) is 0.467. The number of nitrogens with zero attached hydrogens (tertiary/aromatic N) is 3. The van der Waals surface area contributed by atoms with E-state index in [0.29, 0.717) is 21.7 Å². The SMILES string of the molecule is CCC(Cc1cn(CC)nn1)c1cc(Cl)c(OC)c(Cl)c1. The van der Waals surface area contributed by atoms with Crippen molar-refractivity contribution in [3.8, 4) is 5.75 Å². The lowest BCUT2D eigenvalue weighted by molar-refractivity contribution is 0.415. The third-order valence-corrected chi connectivity index (χ3v) is 4.12. The molecule has 0 saturated carbocycles. The number of aryl methyl sites for hydroxylation is 1. The minimum Gasteiger partial charge on any atom is -0.494 e. The Morgan fingerprint density at radius 1 is 1.24 bits per heavy atom. The van der Waals surface area contributed by atoms with Crippen molar-refractivity contribution in [2.75, 3.05) is 7.11 Å². The van der Waals surface area contributed by atoms with E-state index in [1.54, 1.807) is 7.11 Å². The Bertz CT molecular complexity index is 590. The fourth-order valence-corrected chi connectivity index (χ4v) is 3.01. The molecule has 1 aromatic heterocycles. The van der Waals surface area contributed by atoms with Gasteiger partial charge < -0.3 is 4.74 Å². The summed E-state index contributed by atoms with van der Waals surface area (Å²) in [6.45, 7) is 5.00. The van der Waals surface area contributed by atoms with Gasteiger partial charge >= 0.3 is 0 Å². The average molecular weight is 328 g/mol. The number of hydrogen-bond donors (Lipinski definition) is 0. The third kappa shape index (κ3) is 3.69. The molecule has 21 heavy (non-hydrogen) atoms. The number of rotatable bonds is 6. The van der Waals surface area contributed by atoms with E-state index in [1.165, 1.54) is 0 Å². The zero-order valence-corrected chi connectivity index (χ0v) is 13.9. The zero-order chi connectivity index (χ0) is 15.4. The van der Waals surface area contributed by atoms with E-state index < -0.39 is 0 Å². The second kappa shape index (κ2) is 7.14. The van der Waals surface area contributed by atoms with E-state index in [4.69, 9.17) is 27.9 Å². The van der Waals surface area contributed by atoms with Crippen LogP contribution in [0.15, 0.2) is 18.3 Å². The summed E-state index contributed by atoms with van der Waals surface area (Å²) in [5.74, 6) is 0.821. The van der Waals surface area contributed by atoms with Crippen LogP contribution < -0.4 is 4.74 Å². The van der Waals surface area contributed by atoms with Gasteiger partial charge in [-0.25, -0.2) is 0 Å². The average Bonchev–Trinajstić information content (AvgIpc) is 2.92. The molecule has 0 fully saturated rings. The molecule has 6 heteroatoms. The second-order valence-corrected chi connectivity index (χ2v) is 5.71. The first kappa shape index (κ1) is 16.1. The number of halogens is 2. The van der Waals surface area contributed by atoms with E-state index in [0.717, 1.165) is 30.6 Å². The Balaban J connectivity index is 2.24. The standard InChI is InChI=1S/C15H19Cl2N3O/c1-4-10(6-12-9-20(5-2)19-18-12)11-7-13(16)15(21-3)14(17)8-11/h7-10H,4-6H2,1-3H3. The Labute approximate surface area is 135 Å². The Morgan fingerprint density at radius 2 is 1.90 bits per heavy atom. The molecule has 0 aliphatic rings. The maximum absolute atomic E-state index is 6.22. The summed E-state index contributed by atoms with van der Waals surface area (Å²) in [5.41, 5.74) is 2.08. The highest BCUT2D eigenvalue weighted by molar-refractivity contribution is 6.37. The molecule has 2 aromatic rings. The quantitative estimate of drug-likeness (QED) is 0.791. The van der Waals surface area contributed by atoms with Gasteiger partial charge in [0.15, 0.2) is 5.75 Å². The summed E-state index contributed by atoms with van der Waals surface area (Å²) >= 11 is 12.4. The molecule has 0 radical (unpaired) electrons. The summed E-state index contributed by atoms with van der Waals surface area (Å²) in [4.78, 5) is 0. The Kier molecular flexibility index (Phi) is 5.48. The van der Waals surface area contributed by atoms with Crippen LogP contribution in [0.3, 0.4) is 0 Å². The monoisotopic (exact) mass is 327 g/mol. The predicted molar refractivity (Wildman–Crippen MR) is 85.4 cm³/mol. The summed E-state index contributed by atoms with van der Waals surface area (Å²) in [7, 11) is 1.56. The summed E-state index contributed by atoms with van der Waals surface area (Å²) < 4.78 is 7.02. The highest BCUT2D eigenvalue weighted by Crippen LogP contribution is 2.37. The summed E-state index contributed by atoms with van der Waals surface area (Å²) in [6.07, 6.45) is 3.77. The van der Waals surface area contributed by atoms with Gasteiger partial charge in [0.2, 0.25) is 0 Å². The summed E-state index contributed by atoms with van der Waals surface area (Å²) in [6, 6.07) is 3.84. The van der Waals surface area contributed by atoms with E-state index in [1.807, 2.05) is 29.9 Å². The molecule has 0 saturated heterocycles. The Hall–Kier alpha value is -1.26. The molecule has 0 N–H and O–H groups in total. The van der Waals surface area contributed by atoms with Crippen LogP contribution in [0.25, 0.3) is 0 Å². The van der Waals surface area contributed by atoms with Crippen molar-refractivity contribution < 1.29 is 4.74 Å². The summed E-state index contributed by atoms with van der Waals surface area (Å²) in [5, 5.41) is 9.35. The highest BCUT2D eigenvalue weighted by atomic mass is 35.5. The molecular formula is C15H19Cl2N3O. The number of benzene rings is 1. The van der Waals surface area contributed by atoms with Crippen molar-refractivity contribution in [3.63, 3.8) is 0 Å². The first-order chi connectivity index (χ1) is 10.1. The fourth-order valence-electron chi connectivity index (χ4n) is 2.35. The molecule has 0 aliphatic heterocycles. The molecule has 0 spiro atoms. The molecular weight excluding hydrogens is 309 g/mol. The lowest BCUT2D eigenvalue weighted by Gasteiger charge is -2.16. The normalized spacial score (nSPS) is 12.4. The highest BCUT2D eigenvalue weighted by Gasteiger charge is 2.17. The predicted octanol–water partition coefficient (Wildman–Crippen LogP) is 4.35. The van der Waals surface area contributed by atoms with E-state index in [2.05, 4.69) is 17.2 Å². The smallest absolute Gasteiger partial charge is 0.156 e. The van der Waals surface area contributed by atoms with Crippen LogP contribution in [0.4, 0.5) is 0 Å². The molecule has 0 bridgehead atoms. The molecule has 4 nitrogen and oxygen atoms in total. The first-order valence-electron chi connectivity index (χ1n) is 7.00. The van der Waals surface area contributed by atoms with Gasteiger partial charge in [-0.05, 0) is 43.4 Å². The topological polar surface area (TPSA) is 39.9 Å². The van der Waals surface area contributed by atoms with Crippen molar-refractivity contribution in [2.24, 2.45) is 0 Å². The van der Waals surface area contributed by atoms with Crippen molar-refractivity contribution in [2.45, 2.75) is 39.2 Å². The molecule has 1 aromatic carbocycles.